The fourth-order valence-electron chi connectivity index (χ4n) is 7.78. The second-order valence-electron chi connectivity index (χ2n) is 13.2. The number of aromatic carboxylic acids is 1. The van der Waals surface area contributed by atoms with E-state index < -0.39 is 5.97 Å². The Morgan fingerprint density at radius 1 is 0.640 bits per heavy atom. The van der Waals surface area contributed by atoms with Crippen molar-refractivity contribution < 1.29 is 9.90 Å². The fraction of sp³-hybridized carbons (Fsp3) is 0.136. The molecule has 8 aromatic rings. The zero-order chi connectivity index (χ0) is 33.6. The van der Waals surface area contributed by atoms with Crippen molar-refractivity contribution in [3.05, 3.63) is 139 Å². The molecule has 6 nitrogen and oxygen atoms in total. The Bertz CT molecular complexity index is 2550. The number of imidazole rings is 1. The first-order chi connectivity index (χ1) is 24.6. The summed E-state index contributed by atoms with van der Waals surface area (Å²) in [5.41, 5.74) is 9.81. The Labute approximate surface area is 289 Å². The van der Waals surface area contributed by atoms with Gasteiger partial charge in [-0.3, -0.25) is 9.97 Å². The van der Waals surface area contributed by atoms with Crippen LogP contribution < -0.4 is 0 Å². The molecule has 1 saturated carbocycles. The van der Waals surface area contributed by atoms with Crippen LogP contribution >= 0.6 is 0 Å². The quantitative estimate of drug-likeness (QED) is 0.194. The molecule has 0 unspecified atom stereocenters. The number of aromatic nitrogens is 4. The van der Waals surface area contributed by atoms with Crippen LogP contribution in [0.25, 0.3) is 77.6 Å². The molecule has 0 amide bonds. The molecular formula is C44H34N4O2. The van der Waals surface area contributed by atoms with Gasteiger partial charge in [-0.25, -0.2) is 9.78 Å². The normalized spacial score (nSPS) is 13.7. The van der Waals surface area contributed by atoms with Crippen LogP contribution in [-0.2, 0) is 0 Å². The molecule has 5 aromatic carbocycles. The number of carbonyl (C=O) groups is 1. The van der Waals surface area contributed by atoms with Crippen molar-refractivity contribution in [2.45, 2.75) is 38.1 Å². The maximum Gasteiger partial charge on any atom is 0.337 e. The summed E-state index contributed by atoms with van der Waals surface area (Å²) >= 11 is 0. The Hall–Kier alpha value is -6.14. The van der Waals surface area contributed by atoms with Crippen molar-refractivity contribution in [2.75, 3.05) is 0 Å². The number of hydrogen-bond donors (Lipinski definition) is 1. The minimum absolute atomic E-state index is 0.237. The first kappa shape index (κ1) is 30.0. The molecule has 3 aromatic heterocycles. The predicted octanol–water partition coefficient (Wildman–Crippen LogP) is 11.0. The fourth-order valence-corrected chi connectivity index (χ4v) is 7.78. The molecule has 1 aliphatic rings. The molecule has 0 radical (unpaired) electrons. The van der Waals surface area contributed by atoms with Crippen molar-refractivity contribution in [1.82, 2.24) is 19.5 Å². The van der Waals surface area contributed by atoms with E-state index in [0.717, 1.165) is 86.6 Å². The standard InChI is InChI=1S/C44H34N4O2/c49-44(50)41-36(29-13-6-2-7-14-29)26-39-42(40(41)31-18-20-37-30(23-31)15-10-22-45-37)47-43(48(39)35-16-8-3-9-17-35)32-19-21-38-33(24-32)25-34(27-46-38)28-11-4-1-5-12-28/h1-2,4-7,10-15,18-27,35H,3,8-9,16-17H2,(H,49,50). The number of hydrogen-bond acceptors (Lipinski definition) is 4. The minimum Gasteiger partial charge on any atom is -0.478 e. The van der Waals surface area contributed by atoms with E-state index in [9.17, 15) is 9.90 Å². The highest BCUT2D eigenvalue weighted by atomic mass is 16.4. The summed E-state index contributed by atoms with van der Waals surface area (Å²) in [6.45, 7) is 0. The van der Waals surface area contributed by atoms with Crippen LogP contribution in [0.2, 0.25) is 0 Å². The van der Waals surface area contributed by atoms with Gasteiger partial charge in [0.25, 0.3) is 0 Å². The highest BCUT2D eigenvalue weighted by Gasteiger charge is 2.29. The van der Waals surface area contributed by atoms with E-state index in [0.29, 0.717) is 16.6 Å². The third-order valence-electron chi connectivity index (χ3n) is 10.2. The summed E-state index contributed by atoms with van der Waals surface area (Å²) in [5.74, 6) is -0.129. The monoisotopic (exact) mass is 650 g/mol. The second-order valence-corrected chi connectivity index (χ2v) is 13.2. The van der Waals surface area contributed by atoms with Crippen LogP contribution in [-0.4, -0.2) is 30.6 Å². The summed E-state index contributed by atoms with van der Waals surface area (Å²) in [7, 11) is 0. The zero-order valence-electron chi connectivity index (χ0n) is 27.5. The van der Waals surface area contributed by atoms with Gasteiger partial charge in [0.1, 0.15) is 5.82 Å². The molecule has 0 aliphatic heterocycles. The summed E-state index contributed by atoms with van der Waals surface area (Å²) < 4.78 is 2.41. The number of fused-ring (bicyclic) bond motifs is 3. The van der Waals surface area contributed by atoms with E-state index >= 15 is 0 Å². The van der Waals surface area contributed by atoms with Crippen molar-refractivity contribution in [1.29, 1.82) is 0 Å². The third kappa shape index (κ3) is 5.21. The number of rotatable bonds is 6. The molecule has 242 valence electrons. The molecule has 9 rings (SSSR count). The molecule has 1 aliphatic carbocycles. The lowest BCUT2D eigenvalue weighted by molar-refractivity contribution is 0.0698. The highest BCUT2D eigenvalue weighted by molar-refractivity contribution is 6.12. The average Bonchev–Trinajstić information content (AvgIpc) is 3.57. The van der Waals surface area contributed by atoms with E-state index in [1.54, 1.807) is 6.20 Å². The zero-order valence-corrected chi connectivity index (χ0v) is 27.5. The van der Waals surface area contributed by atoms with Gasteiger partial charge in [-0.1, -0.05) is 92.1 Å². The lowest BCUT2D eigenvalue weighted by atomic mass is 9.89. The Morgan fingerprint density at radius 2 is 1.32 bits per heavy atom. The van der Waals surface area contributed by atoms with Gasteiger partial charge in [-0.2, -0.15) is 0 Å². The molecule has 0 bridgehead atoms. The minimum atomic E-state index is -0.981. The van der Waals surface area contributed by atoms with Crippen LogP contribution in [0, 0.1) is 0 Å². The van der Waals surface area contributed by atoms with Gasteiger partial charge < -0.3 is 9.67 Å². The summed E-state index contributed by atoms with van der Waals surface area (Å²) in [6.07, 6.45) is 9.31. The van der Waals surface area contributed by atoms with E-state index in [1.807, 2.05) is 85.1 Å². The van der Waals surface area contributed by atoms with Crippen LogP contribution in [0.15, 0.2) is 134 Å². The van der Waals surface area contributed by atoms with Gasteiger partial charge in [0.2, 0.25) is 0 Å². The molecule has 0 saturated heterocycles. The van der Waals surface area contributed by atoms with Gasteiger partial charge in [-0.05, 0) is 83.6 Å². The first-order valence-corrected chi connectivity index (χ1v) is 17.3. The molecule has 1 N–H and O–H groups in total. The third-order valence-corrected chi connectivity index (χ3v) is 10.2. The van der Waals surface area contributed by atoms with E-state index in [-0.39, 0.29) is 11.6 Å². The summed E-state index contributed by atoms with van der Waals surface area (Å²) in [4.78, 5) is 28.2. The smallest absolute Gasteiger partial charge is 0.337 e. The molecule has 1 fully saturated rings. The summed E-state index contributed by atoms with van der Waals surface area (Å²) in [5, 5.41) is 12.9. The molecule has 0 spiro atoms. The van der Waals surface area contributed by atoms with Crippen LogP contribution in [0.1, 0.15) is 48.5 Å². The predicted molar refractivity (Wildman–Crippen MR) is 201 cm³/mol. The molecule has 3 heterocycles. The lowest BCUT2D eigenvalue weighted by Crippen LogP contribution is -2.14. The molecule has 6 heteroatoms. The van der Waals surface area contributed by atoms with Crippen molar-refractivity contribution in [3.63, 3.8) is 0 Å². The SMILES string of the molecule is O=C(O)c1c(-c2ccccc2)cc2c(nc(-c3ccc4ncc(-c5ccccc5)cc4c3)n2C2CCCCC2)c1-c1ccc2ncccc2c1. The maximum absolute atomic E-state index is 13.4. The van der Waals surface area contributed by atoms with Gasteiger partial charge in [0.05, 0.1) is 27.6 Å². The van der Waals surface area contributed by atoms with Crippen LogP contribution in [0.4, 0.5) is 0 Å². The highest BCUT2D eigenvalue weighted by Crippen LogP contribution is 2.44. The van der Waals surface area contributed by atoms with Gasteiger partial charge in [0.15, 0.2) is 0 Å². The first-order valence-electron chi connectivity index (χ1n) is 17.3. The van der Waals surface area contributed by atoms with Gasteiger partial charge >= 0.3 is 5.97 Å². The molecule has 50 heavy (non-hydrogen) atoms. The van der Waals surface area contributed by atoms with E-state index in [2.05, 4.69) is 52.0 Å². The van der Waals surface area contributed by atoms with Crippen molar-refractivity contribution in [2.24, 2.45) is 0 Å². The number of carboxylic acids is 1. The average molecular weight is 651 g/mol. The second kappa shape index (κ2) is 12.4. The largest absolute Gasteiger partial charge is 0.478 e. The number of benzene rings is 5. The molecular weight excluding hydrogens is 617 g/mol. The number of pyridine rings is 2. The number of nitrogens with zero attached hydrogens (tertiary/aromatic N) is 4. The lowest BCUT2D eigenvalue weighted by Gasteiger charge is -2.26. The topological polar surface area (TPSA) is 80.9 Å². The Kier molecular flexibility index (Phi) is 7.42. The Balaban J connectivity index is 1.36. The van der Waals surface area contributed by atoms with Gasteiger partial charge in [0, 0.05) is 45.9 Å². The van der Waals surface area contributed by atoms with Gasteiger partial charge in [-0.15, -0.1) is 0 Å². The van der Waals surface area contributed by atoms with Crippen LogP contribution in [0.5, 0.6) is 0 Å². The number of carboxylic acid groups (broad SMARTS) is 1. The van der Waals surface area contributed by atoms with E-state index in [1.165, 1.54) is 6.42 Å². The summed E-state index contributed by atoms with van der Waals surface area (Å²) in [6, 6.07) is 41.0. The van der Waals surface area contributed by atoms with Crippen molar-refractivity contribution in [3.8, 4) is 44.8 Å². The molecule has 0 atom stereocenters. The van der Waals surface area contributed by atoms with Crippen LogP contribution in [0.3, 0.4) is 0 Å². The maximum atomic E-state index is 13.4. The Morgan fingerprint density at radius 3 is 2.08 bits per heavy atom. The van der Waals surface area contributed by atoms with E-state index in [4.69, 9.17) is 9.97 Å². The van der Waals surface area contributed by atoms with Crippen molar-refractivity contribution >= 4 is 38.8 Å².